The quantitative estimate of drug-likeness (QED) is 0.871. The largest absolute Gasteiger partial charge is 0.374 e. The van der Waals surface area contributed by atoms with Crippen molar-refractivity contribution in [3.8, 4) is 0 Å². The molecule has 0 unspecified atom stereocenters. The first-order valence-corrected chi connectivity index (χ1v) is 7.22. The van der Waals surface area contributed by atoms with E-state index in [1.807, 2.05) is 24.3 Å². The number of ether oxygens (including phenoxy) is 1. The van der Waals surface area contributed by atoms with Crippen molar-refractivity contribution in [3.63, 3.8) is 0 Å². The van der Waals surface area contributed by atoms with Gasteiger partial charge in [-0.25, -0.2) is 0 Å². The number of amides is 1. The van der Waals surface area contributed by atoms with Crippen LogP contribution in [0.4, 0.5) is 0 Å². The molecular formula is C14H19BrN2O2. The zero-order valence-electron chi connectivity index (χ0n) is 11.0. The van der Waals surface area contributed by atoms with Gasteiger partial charge in [0.1, 0.15) is 6.04 Å². The summed E-state index contributed by atoms with van der Waals surface area (Å²) in [5.41, 5.74) is 6.16. The molecule has 1 fully saturated rings. The molecule has 0 radical (unpaired) electrons. The highest BCUT2D eigenvalue weighted by molar-refractivity contribution is 9.10. The highest BCUT2D eigenvalue weighted by Crippen LogP contribution is 2.25. The number of rotatable bonds is 5. The number of primary amides is 1. The first kappa shape index (κ1) is 14.5. The van der Waals surface area contributed by atoms with Gasteiger partial charge >= 0.3 is 0 Å². The van der Waals surface area contributed by atoms with Gasteiger partial charge < -0.3 is 10.5 Å². The van der Waals surface area contributed by atoms with Crippen LogP contribution in [0.5, 0.6) is 0 Å². The van der Waals surface area contributed by atoms with Crippen molar-refractivity contribution in [1.82, 2.24) is 5.32 Å². The molecule has 0 aromatic heterocycles. The molecule has 0 bridgehead atoms. The molecule has 1 aromatic carbocycles. The van der Waals surface area contributed by atoms with E-state index in [4.69, 9.17) is 10.5 Å². The number of hydrogen-bond acceptors (Lipinski definition) is 3. The lowest BCUT2D eigenvalue weighted by atomic mass is 10.0. The lowest BCUT2D eigenvalue weighted by Gasteiger charge is -2.26. The fourth-order valence-corrected chi connectivity index (χ4v) is 2.78. The molecule has 19 heavy (non-hydrogen) atoms. The van der Waals surface area contributed by atoms with Gasteiger partial charge in [-0.1, -0.05) is 28.1 Å². The Bertz CT molecular complexity index is 459. The third-order valence-electron chi connectivity index (χ3n) is 3.45. The van der Waals surface area contributed by atoms with E-state index < -0.39 is 6.04 Å². The molecule has 1 aliphatic rings. The first-order valence-electron chi connectivity index (χ1n) is 6.42. The standard InChI is InChI=1S/C14H19BrN2O2/c1-14(6-3-7-19-14)9-17-12(13(16)18)10-4-2-5-11(15)8-10/h2,4-5,8,12,17H,3,6-7,9H2,1H3,(H2,16,18)/t12-,14-/m1/s1. The van der Waals surface area contributed by atoms with E-state index in [9.17, 15) is 4.79 Å². The number of carbonyl (C=O) groups is 1. The van der Waals surface area contributed by atoms with Gasteiger partial charge in [-0.15, -0.1) is 0 Å². The normalized spacial score (nSPS) is 24.3. The predicted molar refractivity (Wildman–Crippen MR) is 77.7 cm³/mol. The average molecular weight is 327 g/mol. The third-order valence-corrected chi connectivity index (χ3v) is 3.94. The minimum absolute atomic E-state index is 0.195. The lowest BCUT2D eigenvalue weighted by molar-refractivity contribution is -0.120. The Balaban J connectivity index is 2.06. The molecule has 5 heteroatoms. The van der Waals surface area contributed by atoms with E-state index in [2.05, 4.69) is 28.2 Å². The number of hydrogen-bond donors (Lipinski definition) is 2. The van der Waals surface area contributed by atoms with Crippen molar-refractivity contribution in [2.75, 3.05) is 13.2 Å². The van der Waals surface area contributed by atoms with Crippen LogP contribution in [0.3, 0.4) is 0 Å². The van der Waals surface area contributed by atoms with E-state index in [0.29, 0.717) is 6.54 Å². The van der Waals surface area contributed by atoms with Gasteiger partial charge in [0, 0.05) is 17.6 Å². The van der Waals surface area contributed by atoms with Crippen molar-refractivity contribution in [3.05, 3.63) is 34.3 Å². The number of nitrogens with one attached hydrogen (secondary N) is 1. The van der Waals surface area contributed by atoms with Crippen LogP contribution in [0, 0.1) is 0 Å². The molecule has 1 amide bonds. The zero-order chi connectivity index (χ0) is 13.9. The maximum absolute atomic E-state index is 11.6. The highest BCUT2D eigenvalue weighted by Gasteiger charge is 2.31. The van der Waals surface area contributed by atoms with Crippen molar-refractivity contribution < 1.29 is 9.53 Å². The van der Waals surface area contributed by atoms with Crippen molar-refractivity contribution in [2.45, 2.75) is 31.4 Å². The average Bonchev–Trinajstić information content (AvgIpc) is 2.76. The summed E-state index contributed by atoms with van der Waals surface area (Å²) in [6.07, 6.45) is 2.07. The number of benzene rings is 1. The minimum atomic E-state index is -0.487. The van der Waals surface area contributed by atoms with Gasteiger partial charge in [-0.05, 0) is 37.5 Å². The predicted octanol–water partition coefficient (Wildman–Crippen LogP) is 2.13. The molecule has 4 nitrogen and oxygen atoms in total. The Morgan fingerprint density at radius 2 is 2.42 bits per heavy atom. The molecule has 1 aromatic rings. The summed E-state index contributed by atoms with van der Waals surface area (Å²) in [6.45, 7) is 3.47. The topological polar surface area (TPSA) is 64.3 Å². The Morgan fingerprint density at radius 1 is 1.63 bits per heavy atom. The number of nitrogens with two attached hydrogens (primary N) is 1. The molecule has 2 atom stereocenters. The van der Waals surface area contributed by atoms with Crippen molar-refractivity contribution in [1.29, 1.82) is 0 Å². The molecule has 104 valence electrons. The van der Waals surface area contributed by atoms with Crippen LogP contribution in [0.1, 0.15) is 31.4 Å². The summed E-state index contributed by atoms with van der Waals surface area (Å²) in [4.78, 5) is 11.6. The second kappa shape index (κ2) is 6.03. The maximum atomic E-state index is 11.6. The Labute approximate surface area is 121 Å². The van der Waals surface area contributed by atoms with Gasteiger partial charge in [0.15, 0.2) is 0 Å². The minimum Gasteiger partial charge on any atom is -0.374 e. The summed E-state index contributed by atoms with van der Waals surface area (Å²) in [5.74, 6) is -0.375. The molecule has 2 rings (SSSR count). The van der Waals surface area contributed by atoms with E-state index >= 15 is 0 Å². The lowest BCUT2D eigenvalue weighted by Crippen LogP contribution is -2.43. The molecule has 1 saturated heterocycles. The second-order valence-electron chi connectivity index (χ2n) is 5.17. The van der Waals surface area contributed by atoms with Gasteiger partial charge in [-0.3, -0.25) is 10.1 Å². The summed E-state index contributed by atoms with van der Waals surface area (Å²) in [7, 11) is 0. The second-order valence-corrected chi connectivity index (χ2v) is 6.09. The van der Waals surface area contributed by atoms with Crippen LogP contribution in [-0.4, -0.2) is 24.7 Å². The molecule has 0 aliphatic carbocycles. The van der Waals surface area contributed by atoms with Crippen LogP contribution < -0.4 is 11.1 Å². The third kappa shape index (κ3) is 3.78. The van der Waals surface area contributed by atoms with Crippen LogP contribution in [-0.2, 0) is 9.53 Å². The molecule has 3 N–H and O–H groups in total. The molecule has 0 saturated carbocycles. The van der Waals surface area contributed by atoms with Crippen LogP contribution in [0.25, 0.3) is 0 Å². The summed E-state index contributed by atoms with van der Waals surface area (Å²) >= 11 is 3.40. The molecular weight excluding hydrogens is 308 g/mol. The first-order chi connectivity index (χ1) is 9.00. The summed E-state index contributed by atoms with van der Waals surface area (Å²) in [5, 5.41) is 3.22. The zero-order valence-corrected chi connectivity index (χ0v) is 12.6. The molecule has 0 spiro atoms. The van der Waals surface area contributed by atoms with E-state index in [-0.39, 0.29) is 11.5 Å². The van der Waals surface area contributed by atoms with Gasteiger partial charge in [-0.2, -0.15) is 0 Å². The van der Waals surface area contributed by atoms with Crippen LogP contribution in [0.2, 0.25) is 0 Å². The highest BCUT2D eigenvalue weighted by atomic mass is 79.9. The van der Waals surface area contributed by atoms with Gasteiger partial charge in [0.25, 0.3) is 0 Å². The maximum Gasteiger partial charge on any atom is 0.239 e. The van der Waals surface area contributed by atoms with Gasteiger partial charge in [0.2, 0.25) is 5.91 Å². The Morgan fingerprint density at radius 3 is 3.00 bits per heavy atom. The van der Waals surface area contributed by atoms with Gasteiger partial charge in [0.05, 0.1) is 5.60 Å². The molecule has 1 aliphatic heterocycles. The molecule has 1 heterocycles. The number of halogens is 1. The summed E-state index contributed by atoms with van der Waals surface area (Å²) in [6, 6.07) is 7.12. The monoisotopic (exact) mass is 326 g/mol. The fraction of sp³-hybridized carbons (Fsp3) is 0.500. The smallest absolute Gasteiger partial charge is 0.239 e. The summed E-state index contributed by atoms with van der Waals surface area (Å²) < 4.78 is 6.64. The van der Waals surface area contributed by atoms with Crippen LogP contribution in [0.15, 0.2) is 28.7 Å². The fourth-order valence-electron chi connectivity index (χ4n) is 2.36. The van der Waals surface area contributed by atoms with E-state index in [1.54, 1.807) is 0 Å². The SMILES string of the molecule is C[C@]1(CN[C@@H](C(N)=O)c2cccc(Br)c2)CCCO1. The van der Waals surface area contributed by atoms with Crippen molar-refractivity contribution in [2.24, 2.45) is 5.73 Å². The Kier molecular flexibility index (Phi) is 4.60. The Hall–Kier alpha value is -0.910. The van der Waals surface area contributed by atoms with Crippen molar-refractivity contribution >= 4 is 21.8 Å². The number of carbonyl (C=O) groups excluding carboxylic acids is 1. The van der Waals surface area contributed by atoms with E-state index in [1.165, 1.54) is 0 Å². The van der Waals surface area contributed by atoms with Crippen LogP contribution >= 0.6 is 15.9 Å². The van der Waals surface area contributed by atoms with E-state index in [0.717, 1.165) is 29.5 Å².